The first kappa shape index (κ1) is 9.70. The van der Waals surface area contributed by atoms with Crippen LogP contribution in [0.4, 0.5) is 0 Å². The second kappa shape index (κ2) is 4.59. The van der Waals surface area contributed by atoms with Crippen molar-refractivity contribution in [2.45, 2.75) is 0 Å². The SMILES string of the molecule is N#C/C=C/c1ccc(-c2ccsc2)cc1. The van der Waals surface area contributed by atoms with Crippen LogP contribution < -0.4 is 0 Å². The molecule has 0 spiro atoms. The lowest BCUT2D eigenvalue weighted by Gasteiger charge is -1.98. The van der Waals surface area contributed by atoms with Crippen LogP contribution in [-0.4, -0.2) is 0 Å². The van der Waals surface area contributed by atoms with Crippen LogP contribution in [0.1, 0.15) is 5.56 Å². The van der Waals surface area contributed by atoms with Gasteiger partial charge in [-0.3, -0.25) is 0 Å². The third-order valence-corrected chi connectivity index (χ3v) is 2.80. The Morgan fingerprint density at radius 2 is 1.87 bits per heavy atom. The van der Waals surface area contributed by atoms with Crippen molar-refractivity contribution in [1.82, 2.24) is 0 Å². The Balaban J connectivity index is 2.26. The summed E-state index contributed by atoms with van der Waals surface area (Å²) in [5, 5.41) is 12.6. The lowest BCUT2D eigenvalue weighted by Crippen LogP contribution is -1.74. The summed E-state index contributed by atoms with van der Waals surface area (Å²) in [4.78, 5) is 0. The molecule has 2 heteroatoms. The minimum absolute atomic E-state index is 1.05. The quantitative estimate of drug-likeness (QED) is 0.690. The van der Waals surface area contributed by atoms with E-state index in [0.717, 1.165) is 5.56 Å². The maximum Gasteiger partial charge on any atom is 0.0912 e. The van der Waals surface area contributed by atoms with Gasteiger partial charge < -0.3 is 0 Å². The summed E-state index contributed by atoms with van der Waals surface area (Å²) in [5.74, 6) is 0. The number of thiophene rings is 1. The van der Waals surface area contributed by atoms with E-state index in [9.17, 15) is 0 Å². The number of rotatable bonds is 2. The van der Waals surface area contributed by atoms with Crippen LogP contribution >= 0.6 is 11.3 Å². The second-order valence-corrected chi connectivity index (χ2v) is 3.88. The fraction of sp³-hybridized carbons (Fsp3) is 0. The van der Waals surface area contributed by atoms with Crippen LogP contribution in [0.25, 0.3) is 17.2 Å². The highest BCUT2D eigenvalue weighted by Crippen LogP contribution is 2.22. The van der Waals surface area contributed by atoms with Crippen molar-refractivity contribution in [2.24, 2.45) is 0 Å². The third kappa shape index (κ3) is 2.34. The molecule has 0 saturated carbocycles. The predicted molar refractivity (Wildman–Crippen MR) is 64.4 cm³/mol. The van der Waals surface area contributed by atoms with Crippen LogP contribution in [0.15, 0.2) is 47.2 Å². The molecule has 0 fully saturated rings. The number of hydrogen-bond donors (Lipinski definition) is 0. The lowest BCUT2D eigenvalue weighted by atomic mass is 10.1. The van der Waals surface area contributed by atoms with E-state index < -0.39 is 0 Å². The molecule has 0 amide bonds. The topological polar surface area (TPSA) is 23.8 Å². The van der Waals surface area contributed by atoms with Gasteiger partial charge in [-0.1, -0.05) is 24.3 Å². The zero-order valence-electron chi connectivity index (χ0n) is 8.05. The molecule has 0 aliphatic carbocycles. The van der Waals surface area contributed by atoms with E-state index in [2.05, 4.69) is 29.0 Å². The monoisotopic (exact) mass is 211 g/mol. The zero-order chi connectivity index (χ0) is 10.5. The fourth-order valence-electron chi connectivity index (χ4n) is 1.35. The van der Waals surface area contributed by atoms with Gasteiger partial charge in [0.15, 0.2) is 0 Å². The standard InChI is InChI=1S/C13H9NS/c14-8-1-2-11-3-5-12(6-4-11)13-7-9-15-10-13/h1-7,9-10H/b2-1+. The highest BCUT2D eigenvalue weighted by atomic mass is 32.1. The van der Waals surface area contributed by atoms with E-state index in [1.54, 1.807) is 17.4 Å². The molecular weight excluding hydrogens is 202 g/mol. The molecule has 1 aromatic carbocycles. The van der Waals surface area contributed by atoms with Crippen molar-refractivity contribution in [3.05, 3.63) is 52.7 Å². The second-order valence-electron chi connectivity index (χ2n) is 3.10. The summed E-state index contributed by atoms with van der Waals surface area (Å²) in [5.41, 5.74) is 3.51. The highest BCUT2D eigenvalue weighted by molar-refractivity contribution is 7.08. The Kier molecular flexibility index (Phi) is 2.96. The molecule has 0 N–H and O–H groups in total. The maximum absolute atomic E-state index is 8.40. The summed E-state index contributed by atoms with van der Waals surface area (Å²) < 4.78 is 0. The summed E-state index contributed by atoms with van der Waals surface area (Å²) >= 11 is 1.70. The van der Waals surface area contributed by atoms with Crippen LogP contribution in [0.3, 0.4) is 0 Å². The molecule has 1 aromatic heterocycles. The van der Waals surface area contributed by atoms with E-state index in [0.29, 0.717) is 0 Å². The van der Waals surface area contributed by atoms with Gasteiger partial charge in [0, 0.05) is 6.08 Å². The first-order valence-electron chi connectivity index (χ1n) is 4.59. The van der Waals surface area contributed by atoms with Crippen LogP contribution in [0.2, 0.25) is 0 Å². The van der Waals surface area contributed by atoms with Gasteiger partial charge in [0.25, 0.3) is 0 Å². The molecule has 0 unspecified atom stereocenters. The minimum Gasteiger partial charge on any atom is -0.193 e. The van der Waals surface area contributed by atoms with Crippen molar-refractivity contribution in [2.75, 3.05) is 0 Å². The molecule has 0 aliphatic rings. The molecule has 0 saturated heterocycles. The van der Waals surface area contributed by atoms with Crippen molar-refractivity contribution < 1.29 is 0 Å². The molecule has 0 atom stereocenters. The molecule has 0 bridgehead atoms. The van der Waals surface area contributed by atoms with Crippen LogP contribution in [0.5, 0.6) is 0 Å². The highest BCUT2D eigenvalue weighted by Gasteiger charge is 1.96. The number of benzene rings is 1. The van der Waals surface area contributed by atoms with Crippen LogP contribution in [-0.2, 0) is 0 Å². The fourth-order valence-corrected chi connectivity index (χ4v) is 2.01. The third-order valence-electron chi connectivity index (χ3n) is 2.12. The lowest BCUT2D eigenvalue weighted by molar-refractivity contribution is 1.53. The number of nitriles is 1. The normalized spacial score (nSPS) is 10.3. The Morgan fingerprint density at radius 1 is 1.07 bits per heavy atom. The average Bonchev–Trinajstić information content (AvgIpc) is 2.80. The van der Waals surface area contributed by atoms with Gasteiger partial charge in [0.05, 0.1) is 6.07 Å². The Morgan fingerprint density at radius 3 is 2.47 bits per heavy atom. The molecule has 2 rings (SSSR count). The van der Waals surface area contributed by atoms with Gasteiger partial charge in [0.2, 0.25) is 0 Å². The van der Waals surface area contributed by atoms with Gasteiger partial charge in [-0.05, 0) is 39.6 Å². The summed E-state index contributed by atoms with van der Waals surface area (Å²) in [6.07, 6.45) is 3.29. The Labute approximate surface area is 92.9 Å². The molecule has 1 nitrogen and oxygen atoms in total. The number of nitrogens with zero attached hydrogens (tertiary/aromatic N) is 1. The summed E-state index contributed by atoms with van der Waals surface area (Å²) in [7, 11) is 0. The maximum atomic E-state index is 8.40. The van der Waals surface area contributed by atoms with Crippen molar-refractivity contribution in [1.29, 1.82) is 5.26 Å². The average molecular weight is 211 g/mol. The zero-order valence-corrected chi connectivity index (χ0v) is 8.87. The van der Waals surface area contributed by atoms with Crippen molar-refractivity contribution >= 4 is 17.4 Å². The van der Waals surface area contributed by atoms with Crippen LogP contribution in [0, 0.1) is 11.3 Å². The molecule has 2 aromatic rings. The predicted octanol–water partition coefficient (Wildman–Crippen LogP) is 3.95. The van der Waals surface area contributed by atoms with Gasteiger partial charge >= 0.3 is 0 Å². The van der Waals surface area contributed by atoms with E-state index in [1.807, 2.05) is 18.2 Å². The molecule has 15 heavy (non-hydrogen) atoms. The number of hydrogen-bond acceptors (Lipinski definition) is 2. The van der Waals surface area contributed by atoms with Gasteiger partial charge in [-0.2, -0.15) is 16.6 Å². The van der Waals surface area contributed by atoms with Crippen molar-refractivity contribution in [3.8, 4) is 17.2 Å². The molecular formula is C13H9NS. The Bertz CT molecular complexity index is 486. The first-order valence-corrected chi connectivity index (χ1v) is 5.53. The van der Waals surface area contributed by atoms with Gasteiger partial charge in [-0.25, -0.2) is 0 Å². The minimum atomic E-state index is 1.05. The Hall–Kier alpha value is -1.85. The molecule has 0 radical (unpaired) electrons. The first-order chi connectivity index (χ1) is 7.40. The van der Waals surface area contributed by atoms with E-state index in [4.69, 9.17) is 5.26 Å². The van der Waals surface area contributed by atoms with Crippen molar-refractivity contribution in [3.63, 3.8) is 0 Å². The summed E-state index contributed by atoms with van der Waals surface area (Å²) in [6.45, 7) is 0. The van der Waals surface area contributed by atoms with E-state index in [1.165, 1.54) is 17.2 Å². The number of allylic oxidation sites excluding steroid dienone is 1. The molecule has 0 aliphatic heterocycles. The van der Waals surface area contributed by atoms with Gasteiger partial charge in [0.1, 0.15) is 0 Å². The smallest absolute Gasteiger partial charge is 0.0912 e. The van der Waals surface area contributed by atoms with Gasteiger partial charge in [-0.15, -0.1) is 0 Å². The van der Waals surface area contributed by atoms with E-state index in [-0.39, 0.29) is 0 Å². The molecule has 1 heterocycles. The largest absolute Gasteiger partial charge is 0.193 e. The molecule has 72 valence electrons. The van der Waals surface area contributed by atoms with E-state index >= 15 is 0 Å². The summed E-state index contributed by atoms with van der Waals surface area (Å²) in [6, 6.07) is 12.2.